The van der Waals surface area contributed by atoms with Crippen LogP contribution in [0.1, 0.15) is 24.9 Å². The molecule has 3 heteroatoms. The molecular weight excluding hydrogens is 210 g/mol. The summed E-state index contributed by atoms with van der Waals surface area (Å²) >= 11 is 6.43. The van der Waals surface area contributed by atoms with E-state index in [-0.39, 0.29) is 5.50 Å². The van der Waals surface area contributed by atoms with Gasteiger partial charge in [0.25, 0.3) is 0 Å². The fraction of sp³-hybridized carbons (Fsp3) is 0.455. The van der Waals surface area contributed by atoms with Crippen molar-refractivity contribution in [3.05, 3.63) is 29.8 Å². The maximum absolute atomic E-state index is 6.43. The smallest absolute Gasteiger partial charge is 0.110 e. The molecule has 0 aliphatic heterocycles. The highest BCUT2D eigenvalue weighted by atomic mass is 35.5. The summed E-state index contributed by atoms with van der Waals surface area (Å²) in [5.41, 5.74) is 1.32. The molecule has 1 aromatic rings. The van der Waals surface area contributed by atoms with Gasteiger partial charge >= 0.3 is 0 Å². The summed E-state index contributed by atoms with van der Waals surface area (Å²) < 4.78 is 0. The van der Waals surface area contributed by atoms with Crippen LogP contribution in [0.3, 0.4) is 0 Å². The molecule has 0 spiro atoms. The summed E-state index contributed by atoms with van der Waals surface area (Å²) in [6.07, 6.45) is 0. The summed E-state index contributed by atoms with van der Waals surface area (Å²) in [4.78, 5) is 2.26. The highest BCUT2D eigenvalue weighted by molar-refractivity contribution is 6.34. The second kappa shape index (κ2) is 5.54. The largest absolute Gasteiger partial charge is 0.284 e. The quantitative estimate of drug-likeness (QED) is 0.425. The predicted octanol–water partition coefficient (Wildman–Crippen LogP) is 1.26. The van der Waals surface area contributed by atoms with Gasteiger partial charge < -0.3 is 0 Å². The minimum Gasteiger partial charge on any atom is -0.284 e. The minimum atomic E-state index is 0.0405. The monoisotopic (exact) mass is 227 g/mol. The second-order valence-electron chi connectivity index (χ2n) is 3.41. The number of hydrogen-bond acceptors (Lipinski definition) is 1. The van der Waals surface area contributed by atoms with Gasteiger partial charge in [0, 0.05) is 10.2 Å². The zero-order valence-corrected chi connectivity index (χ0v) is 11.9. The number of hydrogen-bond donors (Lipinski definition) is 0. The molecule has 0 aliphatic carbocycles. The Morgan fingerprint density at radius 1 is 1.29 bits per heavy atom. The molecule has 14 heavy (non-hydrogen) atoms. The van der Waals surface area contributed by atoms with E-state index in [4.69, 9.17) is 11.6 Å². The second-order valence-corrected chi connectivity index (χ2v) is 4.90. The van der Waals surface area contributed by atoms with E-state index in [9.17, 15) is 0 Å². The highest BCUT2D eigenvalue weighted by Gasteiger charge is 2.15. The zero-order chi connectivity index (χ0) is 10.6. The van der Waals surface area contributed by atoms with Crippen LogP contribution in [-0.4, -0.2) is 28.2 Å². The Hall–Kier alpha value is -0.313. The molecule has 0 N–H and O–H groups in total. The van der Waals surface area contributed by atoms with Gasteiger partial charge in [-0.2, -0.15) is 0 Å². The Morgan fingerprint density at radius 2 is 1.86 bits per heavy atom. The van der Waals surface area contributed by atoms with Gasteiger partial charge in [-0.25, -0.2) is 0 Å². The third-order valence-electron chi connectivity index (χ3n) is 2.58. The van der Waals surface area contributed by atoms with Crippen LogP contribution in [0.15, 0.2) is 24.3 Å². The SMILES string of the molecule is CCN(CC)C(Cl)c1ccccc1[SiH3]. The average Bonchev–Trinajstić information content (AvgIpc) is 2.20. The molecule has 78 valence electrons. The fourth-order valence-corrected chi connectivity index (χ4v) is 2.93. The van der Waals surface area contributed by atoms with E-state index < -0.39 is 0 Å². The van der Waals surface area contributed by atoms with Gasteiger partial charge in [0.2, 0.25) is 0 Å². The van der Waals surface area contributed by atoms with Crippen molar-refractivity contribution in [1.29, 1.82) is 0 Å². The number of halogens is 1. The van der Waals surface area contributed by atoms with E-state index in [0.29, 0.717) is 0 Å². The molecule has 1 rings (SSSR count). The molecule has 1 unspecified atom stereocenters. The summed E-state index contributed by atoms with van der Waals surface area (Å²) in [5.74, 6) is 0. The van der Waals surface area contributed by atoms with E-state index in [1.165, 1.54) is 10.8 Å². The highest BCUT2D eigenvalue weighted by Crippen LogP contribution is 2.22. The Kier molecular flexibility index (Phi) is 4.65. The third-order valence-corrected chi connectivity index (χ3v) is 4.00. The number of rotatable bonds is 4. The Bertz CT molecular complexity index is 286. The summed E-state index contributed by atoms with van der Waals surface area (Å²) in [7, 11) is 1.06. The van der Waals surface area contributed by atoms with E-state index in [2.05, 4.69) is 43.0 Å². The van der Waals surface area contributed by atoms with Gasteiger partial charge in [0.1, 0.15) is 5.50 Å². The molecule has 0 saturated heterocycles. The van der Waals surface area contributed by atoms with Gasteiger partial charge in [-0.3, -0.25) is 4.90 Å². The first kappa shape index (κ1) is 11.8. The van der Waals surface area contributed by atoms with Gasteiger partial charge in [-0.05, 0) is 18.7 Å². The zero-order valence-electron chi connectivity index (χ0n) is 9.13. The maximum Gasteiger partial charge on any atom is 0.110 e. The minimum absolute atomic E-state index is 0.0405. The number of alkyl halides is 1. The Morgan fingerprint density at radius 3 is 2.36 bits per heavy atom. The normalized spacial score (nSPS) is 13.4. The molecule has 1 nitrogen and oxygen atoms in total. The van der Waals surface area contributed by atoms with Gasteiger partial charge in [0.15, 0.2) is 0 Å². The van der Waals surface area contributed by atoms with E-state index >= 15 is 0 Å². The van der Waals surface area contributed by atoms with Crippen molar-refractivity contribution in [2.24, 2.45) is 0 Å². The van der Waals surface area contributed by atoms with Gasteiger partial charge in [-0.15, -0.1) is 11.6 Å². The van der Waals surface area contributed by atoms with Crippen LogP contribution < -0.4 is 5.19 Å². The molecular formula is C11H18ClNSi. The molecule has 1 atom stereocenters. The topological polar surface area (TPSA) is 3.24 Å². The Balaban J connectivity index is 2.88. The average molecular weight is 228 g/mol. The van der Waals surface area contributed by atoms with Crippen molar-refractivity contribution in [2.45, 2.75) is 19.3 Å². The van der Waals surface area contributed by atoms with E-state index in [1.807, 2.05) is 0 Å². The number of nitrogens with zero attached hydrogens (tertiary/aromatic N) is 1. The van der Waals surface area contributed by atoms with Crippen molar-refractivity contribution >= 4 is 27.0 Å². The number of benzene rings is 1. The molecule has 0 bridgehead atoms. The molecule has 0 aliphatic rings. The predicted molar refractivity (Wildman–Crippen MR) is 67.5 cm³/mol. The van der Waals surface area contributed by atoms with Crippen molar-refractivity contribution in [3.63, 3.8) is 0 Å². The Labute approximate surface area is 94.5 Å². The lowest BCUT2D eigenvalue weighted by molar-refractivity contribution is 0.283. The molecule has 0 radical (unpaired) electrons. The first-order valence-electron chi connectivity index (χ1n) is 5.14. The first-order valence-corrected chi connectivity index (χ1v) is 6.58. The van der Waals surface area contributed by atoms with Gasteiger partial charge in [-0.1, -0.05) is 43.3 Å². The van der Waals surface area contributed by atoms with Crippen molar-refractivity contribution < 1.29 is 0 Å². The van der Waals surface area contributed by atoms with Crippen molar-refractivity contribution in [1.82, 2.24) is 4.90 Å². The van der Waals surface area contributed by atoms with Crippen LogP contribution in [0, 0.1) is 0 Å². The van der Waals surface area contributed by atoms with Crippen molar-refractivity contribution in [3.8, 4) is 0 Å². The molecule has 0 aromatic heterocycles. The first-order chi connectivity index (χ1) is 6.70. The lowest BCUT2D eigenvalue weighted by Crippen LogP contribution is -2.28. The summed E-state index contributed by atoms with van der Waals surface area (Å²) in [6.45, 7) is 6.30. The molecule has 0 heterocycles. The molecule has 1 aromatic carbocycles. The van der Waals surface area contributed by atoms with E-state index in [0.717, 1.165) is 23.3 Å². The van der Waals surface area contributed by atoms with E-state index in [1.54, 1.807) is 0 Å². The third kappa shape index (κ3) is 2.59. The van der Waals surface area contributed by atoms with Crippen molar-refractivity contribution in [2.75, 3.05) is 13.1 Å². The van der Waals surface area contributed by atoms with Crippen LogP contribution in [0.4, 0.5) is 0 Å². The van der Waals surface area contributed by atoms with Crippen LogP contribution >= 0.6 is 11.6 Å². The molecule has 0 fully saturated rings. The summed E-state index contributed by atoms with van der Waals surface area (Å²) in [6, 6.07) is 8.45. The molecule has 0 amide bonds. The lowest BCUT2D eigenvalue weighted by Gasteiger charge is -2.25. The van der Waals surface area contributed by atoms with Crippen LogP contribution in [0.5, 0.6) is 0 Å². The van der Waals surface area contributed by atoms with Crippen LogP contribution in [-0.2, 0) is 0 Å². The fourth-order valence-electron chi connectivity index (χ4n) is 1.59. The van der Waals surface area contributed by atoms with Crippen LogP contribution in [0.2, 0.25) is 0 Å². The molecule has 0 saturated carbocycles. The summed E-state index contributed by atoms with van der Waals surface area (Å²) in [5, 5.41) is 1.40. The lowest BCUT2D eigenvalue weighted by atomic mass is 10.2. The standard InChI is InChI=1S/C11H18ClNSi/c1-3-13(4-2)11(12)9-7-5-6-8-10(9)14/h5-8,11H,3-4H2,1-2,14H3. The van der Waals surface area contributed by atoms with Crippen LogP contribution in [0.25, 0.3) is 0 Å². The van der Waals surface area contributed by atoms with Gasteiger partial charge in [0.05, 0.1) is 0 Å². The maximum atomic E-state index is 6.43.